The number of aliphatic hydroxyl groups is 6. The summed E-state index contributed by atoms with van der Waals surface area (Å²) < 4.78 is 24.5. The van der Waals surface area contributed by atoms with E-state index in [-0.39, 0.29) is 35.4 Å². The molecule has 43 heavy (non-hydrogen) atoms. The predicted octanol–water partition coefficient (Wildman–Crippen LogP) is 1.91. The number of ether oxygens (including phenoxy) is 4. The molecule has 0 aromatic heterocycles. The molecule has 1 unspecified atom stereocenters. The summed E-state index contributed by atoms with van der Waals surface area (Å²) in [5, 5.41) is 62.9. The van der Waals surface area contributed by atoms with Crippen molar-refractivity contribution in [2.24, 2.45) is 52.3 Å². The van der Waals surface area contributed by atoms with Gasteiger partial charge in [-0.15, -0.1) is 0 Å². The minimum atomic E-state index is -1.53. The largest absolute Gasteiger partial charge is 0.394 e. The van der Waals surface area contributed by atoms with Crippen LogP contribution < -0.4 is 0 Å². The average Bonchev–Trinajstić information content (AvgIpc) is 3.58. The molecule has 246 valence electrons. The lowest BCUT2D eigenvalue weighted by Gasteiger charge is -2.61. The molecule has 7 fully saturated rings. The first kappa shape index (κ1) is 31.2. The molecular weight excluding hydrogens is 556 g/mol. The summed E-state index contributed by atoms with van der Waals surface area (Å²) in [5.41, 5.74) is 0.404. The third kappa shape index (κ3) is 4.56. The fraction of sp³-hybridized carbons (Fsp3) is 1.00. The van der Waals surface area contributed by atoms with Gasteiger partial charge in [-0.25, -0.2) is 0 Å². The normalized spacial score (nSPS) is 61.5. The molecule has 0 aromatic carbocycles. The lowest BCUT2D eigenvalue weighted by molar-refractivity contribution is -0.350. The lowest BCUT2D eigenvalue weighted by atomic mass is 9.44. The van der Waals surface area contributed by atoms with E-state index >= 15 is 0 Å². The summed E-state index contributed by atoms with van der Waals surface area (Å²) in [4.78, 5) is 0. The highest BCUT2D eigenvalue weighted by Crippen LogP contribution is 2.71. The summed E-state index contributed by atoms with van der Waals surface area (Å²) in [6.45, 7) is 8.49. The van der Waals surface area contributed by atoms with E-state index < -0.39 is 55.5 Å². The zero-order valence-electron chi connectivity index (χ0n) is 26.1. The third-order valence-electron chi connectivity index (χ3n) is 14.2. The Bertz CT molecular complexity index is 1040. The second-order valence-electron chi connectivity index (χ2n) is 16.1. The molecule has 0 bridgehead atoms. The lowest BCUT2D eigenvalue weighted by Crippen LogP contribution is -2.60. The van der Waals surface area contributed by atoms with Crippen LogP contribution in [-0.4, -0.2) is 98.3 Å². The van der Waals surface area contributed by atoms with Crippen molar-refractivity contribution in [2.75, 3.05) is 6.61 Å². The molecule has 0 radical (unpaired) electrons. The van der Waals surface area contributed by atoms with Crippen molar-refractivity contribution in [3.05, 3.63) is 0 Å². The maximum absolute atomic E-state index is 12.2. The van der Waals surface area contributed by atoms with Crippen LogP contribution in [0, 0.1) is 52.3 Å². The van der Waals surface area contributed by atoms with Crippen molar-refractivity contribution >= 4 is 0 Å². The van der Waals surface area contributed by atoms with Crippen LogP contribution in [0.2, 0.25) is 0 Å². The van der Waals surface area contributed by atoms with Gasteiger partial charge in [-0.3, -0.25) is 0 Å². The maximum atomic E-state index is 12.2. The minimum absolute atomic E-state index is 0.0308. The quantitative estimate of drug-likeness (QED) is 0.278. The van der Waals surface area contributed by atoms with Crippen molar-refractivity contribution in [1.29, 1.82) is 0 Å². The first-order valence-electron chi connectivity index (χ1n) is 17.0. The highest BCUT2D eigenvalue weighted by molar-refractivity contribution is 5.16. The van der Waals surface area contributed by atoms with Crippen LogP contribution in [0.15, 0.2) is 0 Å². The third-order valence-corrected chi connectivity index (χ3v) is 14.2. The van der Waals surface area contributed by atoms with E-state index in [0.717, 1.165) is 32.1 Å². The summed E-state index contributed by atoms with van der Waals surface area (Å²) >= 11 is 0. The molecule has 3 heterocycles. The summed E-state index contributed by atoms with van der Waals surface area (Å²) in [5.74, 6) is 1.04. The Labute approximate surface area is 255 Å². The molecule has 6 N–H and O–H groups in total. The summed E-state index contributed by atoms with van der Waals surface area (Å²) in [6.07, 6.45) is 0.787. The molecular formula is C33H54O10. The number of fused-ring (bicyclic) bond motifs is 7. The first-order valence-corrected chi connectivity index (χ1v) is 17.0. The molecule has 0 aromatic rings. The SMILES string of the molecule is C[C@@H]1C[C@@H]([C@@]2(O)OC3C[C@H]4[C@@H]5CC[C@H]6C[C@@H](O)CC[C@]6(C)[C@H]5CC[C@]4(C)[C@H]3[C@@H]2C)O[C@H]1O[C@@H]1O[C@H](CO)[C@@H](O)[C@H](O)[C@H]1O. The van der Waals surface area contributed by atoms with Gasteiger partial charge >= 0.3 is 0 Å². The van der Waals surface area contributed by atoms with Crippen molar-refractivity contribution < 1.29 is 49.6 Å². The van der Waals surface area contributed by atoms with E-state index in [9.17, 15) is 30.6 Å². The molecule has 3 saturated heterocycles. The molecule has 0 amide bonds. The molecule has 0 spiro atoms. The van der Waals surface area contributed by atoms with Gasteiger partial charge in [0.15, 0.2) is 18.4 Å². The van der Waals surface area contributed by atoms with Crippen LogP contribution in [0.1, 0.15) is 85.5 Å². The van der Waals surface area contributed by atoms with Crippen LogP contribution in [0.5, 0.6) is 0 Å². The van der Waals surface area contributed by atoms with Crippen LogP contribution in [0.25, 0.3) is 0 Å². The fourth-order valence-corrected chi connectivity index (χ4v) is 11.8. The fourth-order valence-electron chi connectivity index (χ4n) is 11.8. The van der Waals surface area contributed by atoms with Gasteiger partial charge in [0, 0.05) is 11.8 Å². The molecule has 3 aliphatic heterocycles. The Balaban J connectivity index is 1.04. The molecule has 10 heteroatoms. The monoisotopic (exact) mass is 610 g/mol. The van der Waals surface area contributed by atoms with E-state index in [1.807, 2.05) is 6.92 Å². The molecule has 10 nitrogen and oxygen atoms in total. The Morgan fingerprint density at radius 1 is 0.791 bits per heavy atom. The average molecular weight is 611 g/mol. The summed E-state index contributed by atoms with van der Waals surface area (Å²) in [6, 6.07) is 0. The van der Waals surface area contributed by atoms with Gasteiger partial charge in [-0.2, -0.15) is 0 Å². The molecule has 4 saturated carbocycles. The van der Waals surface area contributed by atoms with Gasteiger partial charge in [0.2, 0.25) is 0 Å². The van der Waals surface area contributed by atoms with Gasteiger partial charge in [0.05, 0.1) is 18.8 Å². The Morgan fingerprint density at radius 3 is 2.28 bits per heavy atom. The van der Waals surface area contributed by atoms with Gasteiger partial charge in [-0.05, 0) is 98.2 Å². The van der Waals surface area contributed by atoms with Crippen molar-refractivity contribution in [2.45, 2.75) is 147 Å². The van der Waals surface area contributed by atoms with Gasteiger partial charge < -0.3 is 49.6 Å². The Morgan fingerprint density at radius 2 is 1.53 bits per heavy atom. The molecule has 7 rings (SSSR count). The number of aliphatic hydroxyl groups excluding tert-OH is 5. The van der Waals surface area contributed by atoms with Crippen LogP contribution >= 0.6 is 0 Å². The van der Waals surface area contributed by atoms with E-state index in [4.69, 9.17) is 18.9 Å². The van der Waals surface area contributed by atoms with E-state index in [0.29, 0.717) is 35.5 Å². The molecule has 7 aliphatic rings. The van der Waals surface area contributed by atoms with Crippen LogP contribution in [0.3, 0.4) is 0 Å². The molecule has 4 aliphatic carbocycles. The highest BCUT2D eigenvalue weighted by Gasteiger charge is 2.70. The highest BCUT2D eigenvalue weighted by atomic mass is 16.8. The van der Waals surface area contributed by atoms with Crippen molar-refractivity contribution in [3.8, 4) is 0 Å². The topological polar surface area (TPSA) is 158 Å². The number of rotatable bonds is 4. The first-order chi connectivity index (χ1) is 20.3. The minimum Gasteiger partial charge on any atom is -0.394 e. The number of hydrogen-bond acceptors (Lipinski definition) is 10. The zero-order chi connectivity index (χ0) is 30.6. The van der Waals surface area contributed by atoms with E-state index in [1.54, 1.807) is 0 Å². The standard InChI is InChI=1S/C33H54O10/c1-15-11-24(41-29(15)42-30-28(38)27(37)26(36)23(14-34)40-30)33(39)16(2)25-22(43-33)13-21-19-6-5-17-12-18(35)7-9-31(17,3)20(19)8-10-32(21,25)4/h15-30,34-39H,5-14H2,1-4H3/t15-,16+,17+,18+,19-,20+,21+,22?,23-,24+,25+,26-,27+,28-,29+,30+,31+,32+,33+/m1/s1. The van der Waals surface area contributed by atoms with Crippen molar-refractivity contribution in [1.82, 2.24) is 0 Å². The second-order valence-corrected chi connectivity index (χ2v) is 16.1. The van der Waals surface area contributed by atoms with Gasteiger partial charge in [0.1, 0.15) is 30.5 Å². The zero-order valence-corrected chi connectivity index (χ0v) is 26.1. The predicted molar refractivity (Wildman–Crippen MR) is 153 cm³/mol. The molecule has 19 atom stereocenters. The Kier molecular flexibility index (Phi) is 7.86. The smallest absolute Gasteiger partial charge is 0.195 e. The number of hydrogen-bond donors (Lipinski definition) is 6. The van der Waals surface area contributed by atoms with E-state index in [1.165, 1.54) is 19.3 Å². The van der Waals surface area contributed by atoms with Crippen LogP contribution in [-0.2, 0) is 18.9 Å². The summed E-state index contributed by atoms with van der Waals surface area (Å²) in [7, 11) is 0. The van der Waals surface area contributed by atoms with Gasteiger partial charge in [-0.1, -0.05) is 27.7 Å². The Hall–Kier alpha value is -0.400. The second kappa shape index (κ2) is 10.8. The van der Waals surface area contributed by atoms with Gasteiger partial charge in [0.25, 0.3) is 0 Å². The van der Waals surface area contributed by atoms with E-state index in [2.05, 4.69) is 20.8 Å². The van der Waals surface area contributed by atoms with Crippen LogP contribution in [0.4, 0.5) is 0 Å². The maximum Gasteiger partial charge on any atom is 0.195 e. The van der Waals surface area contributed by atoms with Crippen molar-refractivity contribution in [3.63, 3.8) is 0 Å².